The summed E-state index contributed by atoms with van der Waals surface area (Å²) >= 11 is 0. The summed E-state index contributed by atoms with van der Waals surface area (Å²) in [6.45, 7) is 26.9. The lowest BCUT2D eigenvalue weighted by Gasteiger charge is -2.27. The summed E-state index contributed by atoms with van der Waals surface area (Å²) in [4.78, 5) is 9.07. The standard InChI is InChI=1S/C82H78N4O2/c1-79(2,3)58-37-33-56(34-38-58)69-48-61(82(10,11)12)49-70(57-35-39-59(40-36-57)80(4,5)6)78(69)88-65-45-46-83-76(52-65)86-72-44-41-60(81(7,8)9)47-71(72)68-43-42-64(51-75(68)86)87-63-28-21-27-62(50-63)84-53-85(74-32-20-19-31-73(74)84)77-66(54-23-15-13-16-24-54)29-22-30-67(77)55-25-17-14-18-26-55/h13-52H,53H2,1-12H3/i13D,14D,15D,16D,17D,18D,23D,24D,25D,26D. The van der Waals surface area contributed by atoms with Crippen LogP contribution >= 0.6 is 0 Å². The molecular weight excluding hydrogens is 1070 g/mol. The van der Waals surface area contributed by atoms with Gasteiger partial charge in [-0.15, -0.1) is 0 Å². The predicted octanol–water partition coefficient (Wildman–Crippen LogP) is 22.9. The molecule has 0 aliphatic carbocycles. The van der Waals surface area contributed by atoms with E-state index in [1.165, 1.54) is 22.3 Å². The number of ether oxygens (including phenoxy) is 2. The highest BCUT2D eigenvalue weighted by Gasteiger charge is 2.32. The van der Waals surface area contributed by atoms with E-state index >= 15 is 0 Å². The highest BCUT2D eigenvalue weighted by atomic mass is 16.5. The molecule has 1 aliphatic heterocycles. The molecule has 0 unspecified atom stereocenters. The first-order valence-corrected chi connectivity index (χ1v) is 30.1. The molecule has 2 aromatic heterocycles. The lowest BCUT2D eigenvalue weighted by atomic mass is 9.81. The van der Waals surface area contributed by atoms with Crippen LogP contribution in [-0.4, -0.2) is 16.2 Å². The first-order chi connectivity index (χ1) is 46.3. The molecule has 438 valence electrons. The molecule has 0 saturated carbocycles. The van der Waals surface area contributed by atoms with Gasteiger partial charge in [-0.1, -0.05) is 235 Å². The average molecular weight is 1160 g/mol. The maximum atomic E-state index is 9.17. The summed E-state index contributed by atoms with van der Waals surface area (Å²) in [6.07, 6.45) is 1.80. The predicted molar refractivity (Wildman–Crippen MR) is 370 cm³/mol. The van der Waals surface area contributed by atoms with Gasteiger partial charge in [0.1, 0.15) is 35.5 Å². The van der Waals surface area contributed by atoms with Crippen LogP contribution in [0.3, 0.4) is 0 Å². The van der Waals surface area contributed by atoms with E-state index in [9.17, 15) is 0 Å². The van der Waals surface area contributed by atoms with Crippen LogP contribution in [0, 0.1) is 0 Å². The fourth-order valence-corrected chi connectivity index (χ4v) is 11.9. The number of pyridine rings is 1. The smallest absolute Gasteiger partial charge is 0.143 e. The van der Waals surface area contributed by atoms with Gasteiger partial charge in [0.2, 0.25) is 0 Å². The summed E-state index contributed by atoms with van der Waals surface area (Å²) in [6, 6.07) is 54.1. The molecule has 0 spiro atoms. The molecule has 10 aromatic carbocycles. The quantitative estimate of drug-likeness (QED) is 0.129. The van der Waals surface area contributed by atoms with Crippen LogP contribution in [0.25, 0.3) is 72.1 Å². The first-order valence-electron chi connectivity index (χ1n) is 35.1. The number of para-hydroxylation sites is 3. The molecule has 0 fully saturated rings. The van der Waals surface area contributed by atoms with Crippen molar-refractivity contribution in [3.63, 3.8) is 0 Å². The average Bonchev–Trinajstić information content (AvgIpc) is 1.42. The normalized spacial score (nSPS) is 14.5. The maximum absolute atomic E-state index is 9.17. The van der Waals surface area contributed by atoms with E-state index in [0.717, 1.165) is 61.2 Å². The van der Waals surface area contributed by atoms with Gasteiger partial charge in [0.05, 0.1) is 41.8 Å². The minimum atomic E-state index is -0.560. The van der Waals surface area contributed by atoms with E-state index in [-0.39, 0.29) is 56.3 Å². The molecule has 0 bridgehead atoms. The summed E-state index contributed by atoms with van der Waals surface area (Å²) in [5.41, 5.74) is 12.9. The van der Waals surface area contributed by atoms with Crippen LogP contribution in [0.5, 0.6) is 23.0 Å². The van der Waals surface area contributed by atoms with Crippen molar-refractivity contribution >= 4 is 44.6 Å². The molecular formula is C82H78N4O2. The van der Waals surface area contributed by atoms with Crippen LogP contribution in [0.4, 0.5) is 22.7 Å². The third-order valence-electron chi connectivity index (χ3n) is 16.8. The van der Waals surface area contributed by atoms with Crippen LogP contribution < -0.4 is 19.3 Å². The number of hydrogen-bond donors (Lipinski definition) is 0. The van der Waals surface area contributed by atoms with Crippen molar-refractivity contribution in [1.82, 2.24) is 9.55 Å². The minimum Gasteiger partial charge on any atom is -0.457 e. The maximum Gasteiger partial charge on any atom is 0.143 e. The van der Waals surface area contributed by atoms with Gasteiger partial charge in [0.15, 0.2) is 0 Å². The second-order valence-corrected chi connectivity index (χ2v) is 27.0. The van der Waals surface area contributed by atoms with E-state index in [2.05, 4.69) is 177 Å². The Morgan fingerprint density at radius 2 is 0.909 bits per heavy atom. The lowest BCUT2D eigenvalue weighted by Crippen LogP contribution is -2.24. The van der Waals surface area contributed by atoms with E-state index in [1.807, 2.05) is 77.7 Å². The van der Waals surface area contributed by atoms with Gasteiger partial charge in [-0.25, -0.2) is 4.98 Å². The number of fused-ring (bicyclic) bond motifs is 4. The molecule has 0 radical (unpaired) electrons. The van der Waals surface area contributed by atoms with Crippen molar-refractivity contribution in [2.45, 2.75) is 105 Å². The van der Waals surface area contributed by atoms with Gasteiger partial charge >= 0.3 is 0 Å². The monoisotopic (exact) mass is 1160 g/mol. The van der Waals surface area contributed by atoms with Gasteiger partial charge in [0, 0.05) is 63.1 Å². The molecule has 6 heteroatoms. The highest BCUT2D eigenvalue weighted by Crippen LogP contribution is 2.51. The first kappa shape index (κ1) is 46.6. The van der Waals surface area contributed by atoms with Gasteiger partial charge < -0.3 is 19.3 Å². The molecule has 1 aliphatic rings. The topological polar surface area (TPSA) is 42.8 Å². The fraction of sp³-hybridized carbons (Fsp3) is 0.207. The second-order valence-electron chi connectivity index (χ2n) is 27.0. The number of aromatic nitrogens is 2. The fourth-order valence-electron chi connectivity index (χ4n) is 11.9. The third kappa shape index (κ3) is 11.1. The van der Waals surface area contributed by atoms with E-state index in [1.54, 1.807) is 24.4 Å². The number of anilines is 4. The third-order valence-corrected chi connectivity index (χ3v) is 16.8. The molecule has 6 nitrogen and oxygen atoms in total. The van der Waals surface area contributed by atoms with Crippen LogP contribution in [0.15, 0.2) is 243 Å². The zero-order valence-corrected chi connectivity index (χ0v) is 52.1. The zero-order chi connectivity index (χ0) is 70.0. The summed E-state index contributed by atoms with van der Waals surface area (Å²) < 4.78 is 105. The van der Waals surface area contributed by atoms with Crippen LogP contribution in [-0.2, 0) is 21.7 Å². The van der Waals surface area contributed by atoms with Crippen LogP contribution in [0.2, 0.25) is 0 Å². The number of rotatable bonds is 11. The molecule has 3 heterocycles. The van der Waals surface area contributed by atoms with Gasteiger partial charge in [0.25, 0.3) is 0 Å². The zero-order valence-electron chi connectivity index (χ0n) is 62.1. The molecule has 0 amide bonds. The summed E-state index contributed by atoms with van der Waals surface area (Å²) in [7, 11) is 0. The van der Waals surface area contributed by atoms with Crippen LogP contribution in [0.1, 0.15) is 119 Å². The second kappa shape index (κ2) is 22.3. The lowest BCUT2D eigenvalue weighted by molar-refractivity contribution is 0.483. The van der Waals surface area contributed by atoms with Gasteiger partial charge in [-0.05, 0) is 133 Å². The van der Waals surface area contributed by atoms with Crippen molar-refractivity contribution in [3.05, 3.63) is 265 Å². The highest BCUT2D eigenvalue weighted by molar-refractivity contribution is 6.10. The minimum absolute atomic E-state index is 0.0363. The Balaban J connectivity index is 0.912. The Kier molecular flexibility index (Phi) is 11.8. The SMILES string of the molecule is [2H]c1c([2H])c([2H])c(-c2cccc(-c3c([2H])c([2H])c([2H])c([2H])c3[2H])c2N2CN(c3cccc(Oc4ccc5c6cc(C(C)(C)C)ccc6n(-c6cc(Oc7c(-c8ccc(C(C)(C)C)cc8)cc(C(C)(C)C)cc7-c7ccc(C(C)(C)C)cc7)ccn6)c5c4)c3)c3ccccc32)c([2H])c1[2H]. The van der Waals surface area contributed by atoms with Crippen molar-refractivity contribution in [2.75, 3.05) is 16.5 Å². The van der Waals surface area contributed by atoms with Gasteiger partial charge in [-0.3, -0.25) is 4.57 Å². The van der Waals surface area contributed by atoms with Crippen molar-refractivity contribution in [3.8, 4) is 73.3 Å². The Bertz CT molecular complexity index is 4970. The van der Waals surface area contributed by atoms with E-state index in [0.29, 0.717) is 28.8 Å². The molecule has 88 heavy (non-hydrogen) atoms. The Morgan fingerprint density at radius 1 is 0.386 bits per heavy atom. The summed E-state index contributed by atoms with van der Waals surface area (Å²) in [5, 5.41) is 2.05. The number of benzene rings is 10. The summed E-state index contributed by atoms with van der Waals surface area (Å²) in [5.74, 6) is 3.06. The number of hydrogen-bond acceptors (Lipinski definition) is 5. The molecule has 0 N–H and O–H groups in total. The Hall–Kier alpha value is -9.65. The van der Waals surface area contributed by atoms with E-state index < -0.39 is 60.4 Å². The Labute approximate surface area is 534 Å². The molecule has 0 atom stereocenters. The number of nitrogens with zero attached hydrogens (tertiary/aromatic N) is 4. The molecule has 0 saturated heterocycles. The Morgan fingerprint density at radius 3 is 1.48 bits per heavy atom. The largest absolute Gasteiger partial charge is 0.457 e. The molecule has 13 rings (SSSR count). The van der Waals surface area contributed by atoms with Crippen molar-refractivity contribution < 1.29 is 23.2 Å². The van der Waals surface area contributed by atoms with Gasteiger partial charge in [-0.2, -0.15) is 0 Å². The van der Waals surface area contributed by atoms with Crippen molar-refractivity contribution in [1.29, 1.82) is 0 Å². The van der Waals surface area contributed by atoms with Crippen molar-refractivity contribution in [2.24, 2.45) is 0 Å². The molecule has 12 aromatic rings. The van der Waals surface area contributed by atoms with E-state index in [4.69, 9.17) is 28.2 Å².